The van der Waals surface area contributed by atoms with Gasteiger partial charge < -0.3 is 9.84 Å². The van der Waals surface area contributed by atoms with E-state index in [0.717, 1.165) is 14.9 Å². The first-order chi connectivity index (χ1) is 9.06. The number of rotatable bonds is 5. The van der Waals surface area contributed by atoms with Crippen LogP contribution in [0.5, 0.6) is 0 Å². The van der Waals surface area contributed by atoms with E-state index >= 15 is 0 Å². The maximum absolute atomic E-state index is 10.5. The van der Waals surface area contributed by atoms with Crippen LogP contribution in [-0.4, -0.2) is 28.6 Å². The van der Waals surface area contributed by atoms with E-state index in [-0.39, 0.29) is 0 Å². The zero-order chi connectivity index (χ0) is 14.0. The summed E-state index contributed by atoms with van der Waals surface area (Å²) >= 11 is 11.1. The molecule has 0 bridgehead atoms. The van der Waals surface area contributed by atoms with Crippen molar-refractivity contribution in [1.29, 1.82) is 0 Å². The molecule has 1 unspecified atom stereocenters. The largest absolute Gasteiger partial charge is 0.383 e. The average Bonchev–Trinajstić information content (AvgIpc) is 2.91. The molecule has 1 N–H and O–H groups in total. The Morgan fingerprint density at radius 1 is 1.63 bits per heavy atom. The van der Waals surface area contributed by atoms with Crippen LogP contribution in [0.4, 0.5) is 0 Å². The highest BCUT2D eigenvalue weighted by Gasteiger charge is 2.23. The number of ether oxygens (including phenoxy) is 1. The van der Waals surface area contributed by atoms with Gasteiger partial charge in [0.25, 0.3) is 0 Å². The fourth-order valence-electron chi connectivity index (χ4n) is 1.76. The van der Waals surface area contributed by atoms with Gasteiger partial charge in [-0.05, 0) is 33.8 Å². The second-order valence-corrected chi connectivity index (χ2v) is 6.24. The highest BCUT2D eigenvalue weighted by Crippen LogP contribution is 2.37. The van der Waals surface area contributed by atoms with Crippen molar-refractivity contribution in [1.82, 2.24) is 9.78 Å². The lowest BCUT2D eigenvalue weighted by Crippen LogP contribution is -2.13. The molecule has 2 aromatic heterocycles. The first-order valence-corrected chi connectivity index (χ1v) is 7.73. The normalized spacial score (nSPS) is 12.9. The molecule has 0 amide bonds. The van der Waals surface area contributed by atoms with E-state index < -0.39 is 6.10 Å². The second kappa shape index (κ2) is 6.37. The molecule has 19 heavy (non-hydrogen) atoms. The molecule has 104 valence electrons. The van der Waals surface area contributed by atoms with Crippen molar-refractivity contribution in [3.63, 3.8) is 0 Å². The molecule has 0 aliphatic rings. The summed E-state index contributed by atoms with van der Waals surface area (Å²) < 4.78 is 7.53. The van der Waals surface area contributed by atoms with Crippen LogP contribution >= 0.6 is 38.9 Å². The van der Waals surface area contributed by atoms with Crippen LogP contribution in [0.25, 0.3) is 0 Å². The predicted molar refractivity (Wildman–Crippen MR) is 79.9 cm³/mol. The molecule has 0 aromatic carbocycles. The summed E-state index contributed by atoms with van der Waals surface area (Å²) in [5, 5.41) is 17.3. The van der Waals surface area contributed by atoms with Crippen LogP contribution in [0.3, 0.4) is 0 Å². The predicted octanol–water partition coefficient (Wildman–Crippen LogP) is 3.40. The first-order valence-electron chi connectivity index (χ1n) is 5.68. The maximum Gasteiger partial charge on any atom is 0.132 e. The van der Waals surface area contributed by atoms with E-state index in [9.17, 15) is 5.11 Å². The van der Waals surface area contributed by atoms with Gasteiger partial charge in [-0.3, -0.25) is 4.68 Å². The van der Waals surface area contributed by atoms with Crippen LogP contribution in [0.15, 0.2) is 16.0 Å². The van der Waals surface area contributed by atoms with Gasteiger partial charge in [0, 0.05) is 7.11 Å². The topological polar surface area (TPSA) is 47.3 Å². The number of aryl methyl sites for hydroxylation is 1. The minimum atomic E-state index is -0.792. The number of aliphatic hydroxyl groups is 1. The molecular formula is C12H14BrClN2O2S. The SMILES string of the molecule is COCCn1ncc(Br)c1C(O)c1scc(C)c1Cl. The smallest absolute Gasteiger partial charge is 0.132 e. The summed E-state index contributed by atoms with van der Waals surface area (Å²) in [4.78, 5) is 0.735. The molecule has 2 heterocycles. The van der Waals surface area contributed by atoms with Gasteiger partial charge in [0.2, 0.25) is 0 Å². The van der Waals surface area contributed by atoms with Crippen LogP contribution in [0, 0.1) is 6.92 Å². The minimum absolute atomic E-state index is 0.533. The number of aliphatic hydroxyl groups excluding tert-OH is 1. The molecular weight excluding hydrogens is 352 g/mol. The minimum Gasteiger partial charge on any atom is -0.383 e. The van der Waals surface area contributed by atoms with Gasteiger partial charge in [-0.25, -0.2) is 0 Å². The van der Waals surface area contributed by atoms with Gasteiger partial charge in [-0.15, -0.1) is 11.3 Å². The van der Waals surface area contributed by atoms with Crippen LogP contribution in [0.1, 0.15) is 22.2 Å². The molecule has 1 atom stereocenters. The van der Waals surface area contributed by atoms with Crippen molar-refractivity contribution < 1.29 is 9.84 Å². The molecule has 0 radical (unpaired) electrons. The van der Waals surface area contributed by atoms with E-state index in [1.54, 1.807) is 18.0 Å². The van der Waals surface area contributed by atoms with Gasteiger partial charge in [-0.1, -0.05) is 11.6 Å². The quantitative estimate of drug-likeness (QED) is 0.883. The molecule has 0 aliphatic heterocycles. The Bertz CT molecular complexity index is 570. The number of thiophene rings is 1. The standard InChI is InChI=1S/C12H14BrClN2O2S/c1-7-6-19-12(9(7)14)11(17)10-8(13)5-15-16(10)3-4-18-2/h5-6,11,17H,3-4H2,1-2H3. The van der Waals surface area contributed by atoms with E-state index in [2.05, 4.69) is 21.0 Å². The fraction of sp³-hybridized carbons (Fsp3) is 0.417. The molecule has 4 nitrogen and oxygen atoms in total. The van der Waals surface area contributed by atoms with E-state index in [1.165, 1.54) is 11.3 Å². The van der Waals surface area contributed by atoms with Crippen molar-refractivity contribution >= 4 is 38.9 Å². The van der Waals surface area contributed by atoms with E-state index in [4.69, 9.17) is 16.3 Å². The Balaban J connectivity index is 2.35. The lowest BCUT2D eigenvalue weighted by atomic mass is 10.2. The Morgan fingerprint density at radius 2 is 2.37 bits per heavy atom. The molecule has 0 saturated heterocycles. The van der Waals surface area contributed by atoms with Crippen molar-refractivity contribution in [2.75, 3.05) is 13.7 Å². The van der Waals surface area contributed by atoms with Crippen molar-refractivity contribution in [2.45, 2.75) is 19.6 Å². The van der Waals surface area contributed by atoms with Crippen molar-refractivity contribution in [2.24, 2.45) is 0 Å². The van der Waals surface area contributed by atoms with Crippen molar-refractivity contribution in [3.05, 3.63) is 37.2 Å². The third-order valence-electron chi connectivity index (χ3n) is 2.77. The van der Waals surface area contributed by atoms with E-state index in [0.29, 0.717) is 23.9 Å². The Morgan fingerprint density at radius 3 is 2.95 bits per heavy atom. The summed E-state index contributed by atoms with van der Waals surface area (Å²) in [6.07, 6.45) is 0.877. The fourth-order valence-corrected chi connectivity index (χ4v) is 3.55. The summed E-state index contributed by atoms with van der Waals surface area (Å²) in [5.74, 6) is 0. The Kier molecular flexibility index (Phi) is 5.03. The zero-order valence-corrected chi connectivity index (χ0v) is 13.7. The van der Waals surface area contributed by atoms with Gasteiger partial charge >= 0.3 is 0 Å². The average molecular weight is 366 g/mol. The molecule has 2 aromatic rings. The summed E-state index contributed by atoms with van der Waals surface area (Å²) in [7, 11) is 1.63. The Hall–Kier alpha value is -0.400. The number of aromatic nitrogens is 2. The number of nitrogens with zero attached hydrogens (tertiary/aromatic N) is 2. The van der Waals surface area contributed by atoms with Crippen LogP contribution in [-0.2, 0) is 11.3 Å². The highest BCUT2D eigenvalue weighted by atomic mass is 79.9. The zero-order valence-electron chi connectivity index (χ0n) is 10.6. The van der Waals surface area contributed by atoms with Gasteiger partial charge in [-0.2, -0.15) is 5.10 Å². The highest BCUT2D eigenvalue weighted by molar-refractivity contribution is 9.10. The molecule has 2 rings (SSSR count). The van der Waals surface area contributed by atoms with Gasteiger partial charge in [0.1, 0.15) is 6.10 Å². The first kappa shape index (κ1) is 15.0. The maximum atomic E-state index is 10.5. The summed E-state index contributed by atoms with van der Waals surface area (Å²) in [6, 6.07) is 0. The van der Waals surface area contributed by atoms with Gasteiger partial charge in [0.05, 0.1) is 39.4 Å². The number of halogens is 2. The van der Waals surface area contributed by atoms with E-state index in [1.807, 2.05) is 12.3 Å². The third kappa shape index (κ3) is 3.03. The van der Waals surface area contributed by atoms with Gasteiger partial charge in [0.15, 0.2) is 0 Å². The number of hydrogen-bond acceptors (Lipinski definition) is 4. The summed E-state index contributed by atoms with van der Waals surface area (Å²) in [5.41, 5.74) is 1.67. The number of methoxy groups -OCH3 is 1. The molecule has 0 spiro atoms. The molecule has 0 aliphatic carbocycles. The third-order valence-corrected chi connectivity index (χ3v) is 5.15. The van der Waals surface area contributed by atoms with Crippen LogP contribution in [0.2, 0.25) is 5.02 Å². The molecule has 0 fully saturated rings. The summed E-state index contributed by atoms with van der Waals surface area (Å²) in [6.45, 7) is 3.04. The monoisotopic (exact) mass is 364 g/mol. The molecule has 7 heteroatoms. The molecule has 0 saturated carbocycles. The number of hydrogen-bond donors (Lipinski definition) is 1. The van der Waals surface area contributed by atoms with Crippen molar-refractivity contribution in [3.8, 4) is 0 Å². The lowest BCUT2D eigenvalue weighted by molar-refractivity contribution is 0.172. The Labute approximate surface area is 129 Å². The van der Waals surface area contributed by atoms with Crippen LogP contribution < -0.4 is 0 Å². The lowest BCUT2D eigenvalue weighted by Gasteiger charge is -2.13. The second-order valence-electron chi connectivity index (χ2n) is 4.09.